The molecule has 1 N–H and O–H groups in total. The number of halogens is 2. The maximum Gasteiger partial charge on any atom is 0.0449 e. The van der Waals surface area contributed by atoms with Crippen LogP contribution in [0.25, 0.3) is 0 Å². The van der Waals surface area contributed by atoms with E-state index in [2.05, 4.69) is 77.6 Å². The number of hydrogen-bond donors (Lipinski definition) is 1. The van der Waals surface area contributed by atoms with E-state index in [1.807, 2.05) is 6.07 Å². The number of rotatable bonds is 6. The van der Waals surface area contributed by atoms with Crippen molar-refractivity contribution >= 4 is 27.5 Å². The smallest absolute Gasteiger partial charge is 0.0449 e. The monoisotopic (exact) mass is 365 g/mol. The summed E-state index contributed by atoms with van der Waals surface area (Å²) in [5.41, 5.74) is 2.55. The van der Waals surface area contributed by atoms with Crippen LogP contribution in [-0.2, 0) is 6.42 Å². The molecule has 0 spiro atoms. The summed E-state index contributed by atoms with van der Waals surface area (Å²) in [5, 5.41) is 4.37. The molecule has 0 saturated carbocycles. The van der Waals surface area contributed by atoms with E-state index < -0.39 is 0 Å². The first kappa shape index (κ1) is 16.5. The van der Waals surface area contributed by atoms with E-state index in [0.29, 0.717) is 12.0 Å². The third-order valence-corrected chi connectivity index (χ3v) is 4.37. The predicted molar refractivity (Wildman–Crippen MR) is 95.2 cm³/mol. The standard InChI is InChI=1S/C18H21BrClN/c1-13(2)21-12-16(14-6-4-3-5-7-14)10-15-8-9-17(19)11-18(15)20/h3-9,11,13,16,21H,10,12H2,1-2H3. The molecule has 0 aliphatic rings. The van der Waals surface area contributed by atoms with Crippen LogP contribution in [0.4, 0.5) is 0 Å². The summed E-state index contributed by atoms with van der Waals surface area (Å²) in [6, 6.07) is 17.3. The van der Waals surface area contributed by atoms with Crippen LogP contribution in [0.3, 0.4) is 0 Å². The van der Waals surface area contributed by atoms with Crippen molar-refractivity contribution in [3.63, 3.8) is 0 Å². The lowest BCUT2D eigenvalue weighted by Crippen LogP contribution is -2.29. The topological polar surface area (TPSA) is 12.0 Å². The van der Waals surface area contributed by atoms with Crippen molar-refractivity contribution in [2.24, 2.45) is 0 Å². The van der Waals surface area contributed by atoms with Crippen LogP contribution in [0.15, 0.2) is 53.0 Å². The van der Waals surface area contributed by atoms with Crippen molar-refractivity contribution in [3.05, 3.63) is 69.2 Å². The van der Waals surface area contributed by atoms with Crippen LogP contribution in [0.1, 0.15) is 30.9 Å². The second-order valence-electron chi connectivity index (χ2n) is 5.61. The molecule has 2 aromatic carbocycles. The Morgan fingerprint density at radius 1 is 1.10 bits per heavy atom. The molecule has 0 fully saturated rings. The molecule has 0 heterocycles. The minimum Gasteiger partial charge on any atom is -0.314 e. The molecule has 3 heteroatoms. The van der Waals surface area contributed by atoms with Gasteiger partial charge in [-0.25, -0.2) is 0 Å². The molecular weight excluding hydrogens is 346 g/mol. The van der Waals surface area contributed by atoms with Gasteiger partial charge in [-0.3, -0.25) is 0 Å². The van der Waals surface area contributed by atoms with E-state index in [4.69, 9.17) is 11.6 Å². The number of benzene rings is 2. The zero-order valence-electron chi connectivity index (χ0n) is 12.4. The van der Waals surface area contributed by atoms with Crippen molar-refractivity contribution in [2.45, 2.75) is 32.2 Å². The molecule has 2 rings (SSSR count). The Bertz CT molecular complexity index is 569. The highest BCUT2D eigenvalue weighted by atomic mass is 79.9. The first-order valence-electron chi connectivity index (χ1n) is 7.28. The van der Waals surface area contributed by atoms with Gasteiger partial charge in [0.25, 0.3) is 0 Å². The SMILES string of the molecule is CC(C)NCC(Cc1ccc(Br)cc1Cl)c1ccccc1. The van der Waals surface area contributed by atoms with Crippen molar-refractivity contribution in [3.8, 4) is 0 Å². The molecule has 0 amide bonds. The van der Waals surface area contributed by atoms with E-state index in [9.17, 15) is 0 Å². The van der Waals surface area contributed by atoms with Gasteiger partial charge in [0.1, 0.15) is 0 Å². The lowest BCUT2D eigenvalue weighted by Gasteiger charge is -2.20. The molecule has 0 radical (unpaired) electrons. The van der Waals surface area contributed by atoms with Gasteiger partial charge in [-0.15, -0.1) is 0 Å². The maximum absolute atomic E-state index is 6.37. The van der Waals surface area contributed by atoms with Crippen LogP contribution in [0, 0.1) is 0 Å². The van der Waals surface area contributed by atoms with Crippen LogP contribution in [0.2, 0.25) is 5.02 Å². The summed E-state index contributed by atoms with van der Waals surface area (Å²) in [5.74, 6) is 0.423. The minimum atomic E-state index is 0.423. The summed E-state index contributed by atoms with van der Waals surface area (Å²) >= 11 is 9.83. The van der Waals surface area contributed by atoms with Crippen LogP contribution >= 0.6 is 27.5 Å². The van der Waals surface area contributed by atoms with E-state index >= 15 is 0 Å². The Morgan fingerprint density at radius 3 is 2.43 bits per heavy atom. The van der Waals surface area contributed by atoms with Crippen LogP contribution < -0.4 is 5.32 Å². The molecule has 0 aliphatic carbocycles. The van der Waals surface area contributed by atoms with Gasteiger partial charge in [-0.2, -0.15) is 0 Å². The second kappa shape index (κ2) is 7.98. The Balaban J connectivity index is 2.19. The summed E-state index contributed by atoms with van der Waals surface area (Å²) in [7, 11) is 0. The first-order valence-corrected chi connectivity index (χ1v) is 8.45. The van der Waals surface area contributed by atoms with Crippen LogP contribution in [0.5, 0.6) is 0 Å². The zero-order chi connectivity index (χ0) is 15.2. The van der Waals surface area contributed by atoms with Gasteiger partial charge in [-0.05, 0) is 29.7 Å². The number of nitrogens with one attached hydrogen (secondary N) is 1. The van der Waals surface area contributed by atoms with Gasteiger partial charge in [-0.1, -0.05) is 77.8 Å². The molecule has 2 aromatic rings. The fourth-order valence-corrected chi connectivity index (χ4v) is 3.11. The van der Waals surface area contributed by atoms with Gasteiger partial charge in [0.15, 0.2) is 0 Å². The average Bonchev–Trinajstić information content (AvgIpc) is 2.46. The summed E-state index contributed by atoms with van der Waals surface area (Å²) in [6.45, 7) is 5.30. The van der Waals surface area contributed by atoms with Gasteiger partial charge in [0, 0.05) is 28.0 Å². The molecule has 1 nitrogen and oxygen atoms in total. The second-order valence-corrected chi connectivity index (χ2v) is 6.93. The molecule has 0 aliphatic heterocycles. The fourth-order valence-electron chi connectivity index (χ4n) is 2.36. The molecular formula is C18H21BrClN. The van der Waals surface area contributed by atoms with Gasteiger partial charge >= 0.3 is 0 Å². The average molecular weight is 367 g/mol. The molecule has 0 bridgehead atoms. The summed E-state index contributed by atoms with van der Waals surface area (Å²) in [6.07, 6.45) is 0.940. The highest BCUT2D eigenvalue weighted by Crippen LogP contribution is 2.27. The third kappa shape index (κ3) is 5.14. The van der Waals surface area contributed by atoms with Crippen molar-refractivity contribution < 1.29 is 0 Å². The summed E-state index contributed by atoms with van der Waals surface area (Å²) < 4.78 is 1.02. The zero-order valence-corrected chi connectivity index (χ0v) is 14.8. The third-order valence-electron chi connectivity index (χ3n) is 3.52. The fraction of sp³-hybridized carbons (Fsp3) is 0.333. The highest BCUT2D eigenvalue weighted by Gasteiger charge is 2.14. The number of hydrogen-bond acceptors (Lipinski definition) is 1. The predicted octanol–water partition coefficient (Wildman–Crippen LogP) is 5.43. The molecule has 0 aromatic heterocycles. The van der Waals surface area contributed by atoms with E-state index in [0.717, 1.165) is 22.5 Å². The lowest BCUT2D eigenvalue weighted by molar-refractivity contribution is 0.527. The van der Waals surface area contributed by atoms with E-state index in [1.54, 1.807) is 0 Å². The normalized spacial score (nSPS) is 12.6. The first-order chi connectivity index (χ1) is 10.1. The quantitative estimate of drug-likeness (QED) is 0.719. The molecule has 0 saturated heterocycles. The van der Waals surface area contributed by atoms with Gasteiger partial charge < -0.3 is 5.32 Å². The van der Waals surface area contributed by atoms with Gasteiger partial charge in [0.2, 0.25) is 0 Å². The van der Waals surface area contributed by atoms with Gasteiger partial charge in [0.05, 0.1) is 0 Å². The van der Waals surface area contributed by atoms with Crippen molar-refractivity contribution in [1.29, 1.82) is 0 Å². The minimum absolute atomic E-state index is 0.423. The lowest BCUT2D eigenvalue weighted by atomic mass is 9.91. The Labute approximate surface area is 140 Å². The Kier molecular flexibility index (Phi) is 6.28. The van der Waals surface area contributed by atoms with E-state index in [-0.39, 0.29) is 0 Å². The molecule has 1 atom stereocenters. The van der Waals surface area contributed by atoms with E-state index in [1.165, 1.54) is 11.1 Å². The molecule has 112 valence electrons. The Morgan fingerprint density at radius 2 is 1.81 bits per heavy atom. The summed E-state index contributed by atoms with van der Waals surface area (Å²) in [4.78, 5) is 0. The maximum atomic E-state index is 6.37. The van der Waals surface area contributed by atoms with Crippen molar-refractivity contribution in [2.75, 3.05) is 6.54 Å². The molecule has 1 unspecified atom stereocenters. The largest absolute Gasteiger partial charge is 0.314 e. The van der Waals surface area contributed by atoms with Crippen LogP contribution in [-0.4, -0.2) is 12.6 Å². The van der Waals surface area contributed by atoms with Crippen molar-refractivity contribution in [1.82, 2.24) is 5.32 Å². The highest BCUT2D eigenvalue weighted by molar-refractivity contribution is 9.10. The Hall–Kier alpha value is -0.830. The molecule has 21 heavy (non-hydrogen) atoms.